The highest BCUT2D eigenvalue weighted by molar-refractivity contribution is 8.00. The van der Waals surface area contributed by atoms with Crippen molar-refractivity contribution in [2.24, 2.45) is 5.92 Å². The summed E-state index contributed by atoms with van der Waals surface area (Å²) in [5.74, 6) is -1.85. The van der Waals surface area contributed by atoms with Gasteiger partial charge in [-0.2, -0.15) is 0 Å². The minimum absolute atomic E-state index is 0.302. The van der Waals surface area contributed by atoms with Crippen LogP contribution in [0.2, 0.25) is 5.02 Å². The van der Waals surface area contributed by atoms with Gasteiger partial charge in [-0.15, -0.1) is 0 Å². The predicted molar refractivity (Wildman–Crippen MR) is 175 cm³/mol. The van der Waals surface area contributed by atoms with Gasteiger partial charge in [-0.05, 0) is 53.9 Å². The normalized spacial score (nSPS) is 18.9. The molecule has 4 aromatic carbocycles. The molecule has 12 heteroatoms. The second kappa shape index (κ2) is 11.7. The van der Waals surface area contributed by atoms with Crippen molar-refractivity contribution in [3.8, 4) is 11.5 Å². The third-order valence-electron chi connectivity index (χ3n) is 7.88. The van der Waals surface area contributed by atoms with Crippen LogP contribution in [-0.4, -0.2) is 41.7 Å². The number of hydrogen-bond acceptors (Lipinski definition) is 8. The molecule has 0 saturated carbocycles. The summed E-state index contributed by atoms with van der Waals surface area (Å²) in [6.45, 7) is -0.325. The summed E-state index contributed by atoms with van der Waals surface area (Å²) in [6.07, 6.45) is 0. The average molecular weight is 658 g/mol. The number of thioether (sulfide) groups is 1. The Morgan fingerprint density at radius 3 is 2.56 bits per heavy atom. The van der Waals surface area contributed by atoms with Crippen LogP contribution < -0.4 is 24.6 Å². The van der Waals surface area contributed by atoms with Crippen molar-refractivity contribution in [1.29, 1.82) is 0 Å². The van der Waals surface area contributed by atoms with Gasteiger partial charge in [0.1, 0.15) is 16.7 Å². The Morgan fingerprint density at radius 1 is 0.978 bits per heavy atom. The van der Waals surface area contributed by atoms with Crippen LogP contribution in [0, 0.1) is 5.92 Å². The maximum Gasteiger partial charge on any atom is 0.305 e. The minimum Gasteiger partial charge on any atom is -0.497 e. The number of nitrogens with zero attached hydrogens (tertiary/aromatic N) is 1. The number of rotatable bonds is 7. The van der Waals surface area contributed by atoms with E-state index in [1.165, 1.54) is 23.8 Å². The summed E-state index contributed by atoms with van der Waals surface area (Å²) in [6, 6.07) is 25.0. The Hall–Kier alpha value is -4.58. The van der Waals surface area contributed by atoms with Crippen molar-refractivity contribution in [2.45, 2.75) is 16.2 Å². The fraction of sp³-hybridized carbons (Fsp3) is 0.152. The van der Waals surface area contributed by atoms with Crippen molar-refractivity contribution in [3.63, 3.8) is 0 Å². The van der Waals surface area contributed by atoms with Gasteiger partial charge in [0, 0.05) is 32.5 Å². The van der Waals surface area contributed by atoms with Crippen LogP contribution in [0.3, 0.4) is 0 Å². The summed E-state index contributed by atoms with van der Waals surface area (Å²) in [4.78, 5) is 57.9. The summed E-state index contributed by atoms with van der Waals surface area (Å²) in [7, 11) is 1.54. The highest BCUT2D eigenvalue weighted by atomic mass is 35.5. The van der Waals surface area contributed by atoms with Crippen molar-refractivity contribution >= 4 is 74.6 Å². The molecule has 1 aromatic heterocycles. The molecule has 2 aliphatic heterocycles. The van der Waals surface area contributed by atoms with Gasteiger partial charge >= 0.3 is 4.87 Å². The largest absolute Gasteiger partial charge is 0.497 e. The quantitative estimate of drug-likeness (QED) is 0.204. The van der Waals surface area contributed by atoms with E-state index < -0.39 is 23.0 Å². The number of aromatic amines is 1. The maximum atomic E-state index is 14.1. The van der Waals surface area contributed by atoms with Crippen molar-refractivity contribution in [3.05, 3.63) is 110 Å². The topological polar surface area (TPSA) is 118 Å². The molecule has 7 rings (SSSR count). The zero-order valence-electron chi connectivity index (χ0n) is 23.6. The SMILES string of the molecule is COc1ccc(N2C(=O)C3Sc4[nH]c(=O)sc4C(c4cc(Cl)ccc4OCC(=O)Nc4cccc5ccccc45)C3C2=O)cc1. The number of anilines is 2. The third kappa shape index (κ3) is 5.26. The Labute approximate surface area is 270 Å². The molecule has 0 aliphatic carbocycles. The molecular weight excluding hydrogens is 634 g/mol. The molecule has 2 N–H and O–H groups in total. The first-order valence-electron chi connectivity index (χ1n) is 13.9. The second-order valence-electron chi connectivity index (χ2n) is 10.5. The first-order chi connectivity index (χ1) is 21.8. The number of aromatic nitrogens is 1. The van der Waals surface area contributed by atoms with Crippen LogP contribution in [0.4, 0.5) is 11.4 Å². The van der Waals surface area contributed by atoms with E-state index in [-0.39, 0.29) is 23.3 Å². The summed E-state index contributed by atoms with van der Waals surface area (Å²) >= 11 is 8.63. The number of carbonyl (C=O) groups excluding carboxylic acids is 3. The molecule has 3 amide bonds. The first kappa shape index (κ1) is 29.1. The lowest BCUT2D eigenvalue weighted by Crippen LogP contribution is -2.32. The number of hydrogen-bond donors (Lipinski definition) is 2. The molecule has 1 saturated heterocycles. The van der Waals surface area contributed by atoms with Crippen LogP contribution in [0.25, 0.3) is 10.8 Å². The number of carbonyl (C=O) groups is 3. The lowest BCUT2D eigenvalue weighted by Gasteiger charge is -2.31. The molecular formula is C33H24ClN3O6S2. The van der Waals surface area contributed by atoms with Gasteiger partial charge in [0.15, 0.2) is 6.61 Å². The Morgan fingerprint density at radius 2 is 1.76 bits per heavy atom. The van der Waals surface area contributed by atoms with Gasteiger partial charge in [0.25, 0.3) is 5.91 Å². The number of imide groups is 1. The number of benzene rings is 4. The van der Waals surface area contributed by atoms with E-state index in [9.17, 15) is 19.2 Å². The molecule has 1 fully saturated rings. The van der Waals surface area contributed by atoms with Gasteiger partial charge < -0.3 is 19.8 Å². The van der Waals surface area contributed by atoms with E-state index in [1.54, 1.807) is 42.5 Å². The zero-order chi connectivity index (χ0) is 31.2. The predicted octanol–water partition coefficient (Wildman–Crippen LogP) is 6.06. The molecule has 0 spiro atoms. The number of methoxy groups -OCH3 is 1. The van der Waals surface area contributed by atoms with Crippen LogP contribution in [0.1, 0.15) is 16.4 Å². The molecule has 3 heterocycles. The molecule has 3 atom stereocenters. The molecule has 226 valence electrons. The van der Waals surface area contributed by atoms with Crippen molar-refractivity contribution < 1.29 is 23.9 Å². The monoisotopic (exact) mass is 657 g/mol. The highest BCUT2D eigenvalue weighted by Gasteiger charge is 2.56. The number of nitrogens with one attached hydrogen (secondary N) is 2. The maximum absolute atomic E-state index is 14.1. The number of ether oxygens (including phenoxy) is 2. The van der Waals surface area contributed by atoms with E-state index in [4.69, 9.17) is 21.1 Å². The van der Waals surface area contributed by atoms with Gasteiger partial charge in [-0.3, -0.25) is 19.2 Å². The van der Waals surface area contributed by atoms with Gasteiger partial charge in [0.05, 0.1) is 23.7 Å². The Balaban J connectivity index is 1.22. The first-order valence-corrected chi connectivity index (χ1v) is 16.0. The number of H-pyrrole nitrogens is 1. The summed E-state index contributed by atoms with van der Waals surface area (Å²) < 4.78 is 11.3. The third-order valence-corrected chi connectivity index (χ3v) is 10.5. The molecule has 3 unspecified atom stereocenters. The van der Waals surface area contributed by atoms with E-state index in [0.29, 0.717) is 43.4 Å². The van der Waals surface area contributed by atoms with Crippen molar-refractivity contribution in [1.82, 2.24) is 4.98 Å². The summed E-state index contributed by atoms with van der Waals surface area (Å²) in [5, 5.41) is 4.89. The van der Waals surface area contributed by atoms with E-state index in [2.05, 4.69) is 10.3 Å². The van der Waals surface area contributed by atoms with Gasteiger partial charge in [0.2, 0.25) is 11.8 Å². The number of fused-ring (bicyclic) bond motifs is 3. The lowest BCUT2D eigenvalue weighted by molar-refractivity contribution is -0.122. The van der Waals surface area contributed by atoms with E-state index in [0.717, 1.165) is 22.1 Å². The van der Waals surface area contributed by atoms with Crippen LogP contribution in [0.15, 0.2) is 94.7 Å². The summed E-state index contributed by atoms with van der Waals surface area (Å²) in [5.41, 5.74) is 1.58. The Kier molecular flexibility index (Phi) is 7.60. The molecule has 5 aromatic rings. The second-order valence-corrected chi connectivity index (χ2v) is 13.1. The fourth-order valence-electron chi connectivity index (χ4n) is 5.90. The fourth-order valence-corrected chi connectivity index (χ4v) is 8.58. The van der Waals surface area contributed by atoms with Gasteiger partial charge in [-0.1, -0.05) is 71.1 Å². The van der Waals surface area contributed by atoms with Crippen LogP contribution >= 0.6 is 34.7 Å². The lowest BCUT2D eigenvalue weighted by atomic mass is 9.82. The standard InChI is InChI=1S/C33H24ClN3O6S2/c1-42-20-12-10-19(11-13-20)37-31(39)27-26(28-30(36-33(41)45-28)44-29(27)32(37)40)22-15-18(34)9-14-24(22)43-16-25(38)35-23-8-4-6-17-5-2-3-7-21(17)23/h2-15,26-27,29H,16H2,1H3,(H,35,38)(H,36,41). The van der Waals surface area contributed by atoms with E-state index in [1.807, 2.05) is 42.5 Å². The highest BCUT2D eigenvalue weighted by Crippen LogP contribution is 2.54. The smallest absolute Gasteiger partial charge is 0.305 e. The number of thiazole rings is 1. The molecule has 0 radical (unpaired) electrons. The van der Waals surface area contributed by atoms with Crippen LogP contribution in [0.5, 0.6) is 11.5 Å². The van der Waals surface area contributed by atoms with Crippen LogP contribution in [-0.2, 0) is 14.4 Å². The molecule has 9 nitrogen and oxygen atoms in total. The minimum atomic E-state index is -0.853. The van der Waals surface area contributed by atoms with Crippen molar-refractivity contribution in [2.75, 3.05) is 23.9 Å². The Bertz CT molecular complexity index is 2040. The number of amides is 3. The van der Waals surface area contributed by atoms with Gasteiger partial charge in [-0.25, -0.2) is 4.90 Å². The molecule has 2 aliphatic rings. The molecule has 45 heavy (non-hydrogen) atoms. The average Bonchev–Trinajstić information content (AvgIpc) is 3.54. The number of halogens is 1. The molecule has 0 bridgehead atoms. The zero-order valence-corrected chi connectivity index (χ0v) is 26.0. The van der Waals surface area contributed by atoms with E-state index >= 15 is 0 Å².